The number of nitrogens with zero attached hydrogens (tertiary/aromatic N) is 5. The lowest BCUT2D eigenvalue weighted by Crippen LogP contribution is -2.22. The molecule has 94 valence electrons. The molecule has 0 aliphatic carbocycles. The van der Waals surface area contributed by atoms with Gasteiger partial charge in [-0.2, -0.15) is 15.4 Å². The molecule has 1 N–H and O–H groups in total. The third-order valence-electron chi connectivity index (χ3n) is 2.53. The molecule has 0 radical (unpaired) electrons. The first-order valence-electron chi connectivity index (χ1n) is 5.63. The molecule has 17 heavy (non-hydrogen) atoms. The summed E-state index contributed by atoms with van der Waals surface area (Å²) in [6, 6.07) is -0.319. The summed E-state index contributed by atoms with van der Waals surface area (Å²) in [6.45, 7) is 12.2. The van der Waals surface area contributed by atoms with E-state index in [4.69, 9.17) is 5.53 Å². The summed E-state index contributed by atoms with van der Waals surface area (Å²) in [6.07, 6.45) is 0. The fourth-order valence-electron chi connectivity index (χ4n) is 1.67. The molecule has 0 bridgehead atoms. The number of hydrogen-bond acceptors (Lipinski definition) is 3. The van der Waals surface area contributed by atoms with Crippen molar-refractivity contribution in [2.24, 2.45) is 10.5 Å². The van der Waals surface area contributed by atoms with E-state index < -0.39 is 0 Å². The van der Waals surface area contributed by atoms with Crippen LogP contribution in [-0.4, -0.2) is 15.4 Å². The van der Waals surface area contributed by atoms with Crippen molar-refractivity contribution in [1.82, 2.24) is 15.4 Å². The summed E-state index contributed by atoms with van der Waals surface area (Å²) in [7, 11) is 0. The minimum Gasteiger partial charge on any atom is -0.197 e. The maximum absolute atomic E-state index is 8.69. The average Bonchev–Trinajstić information content (AvgIpc) is 2.59. The van der Waals surface area contributed by atoms with Gasteiger partial charge in [0.05, 0.1) is 17.4 Å². The zero-order valence-corrected chi connectivity index (χ0v) is 11.3. The molecule has 0 spiro atoms. The van der Waals surface area contributed by atoms with Gasteiger partial charge < -0.3 is 0 Å². The first-order chi connectivity index (χ1) is 7.68. The molecule has 0 aliphatic rings. The summed E-state index contributed by atoms with van der Waals surface area (Å²) in [5, 5.41) is 14.9. The van der Waals surface area contributed by atoms with Crippen LogP contribution in [0.5, 0.6) is 0 Å². The van der Waals surface area contributed by atoms with E-state index in [0.717, 1.165) is 11.4 Å². The minimum atomic E-state index is -0.319. The predicted octanol–water partition coefficient (Wildman–Crippen LogP) is 3.50. The maximum Gasteiger partial charge on any atom is 0.0956 e. The number of aromatic nitrogens is 3. The van der Waals surface area contributed by atoms with Crippen LogP contribution in [0.15, 0.2) is 5.11 Å². The Morgan fingerprint density at radius 1 is 1.18 bits per heavy atom. The minimum absolute atomic E-state index is 0.128. The van der Waals surface area contributed by atoms with Gasteiger partial charge in [0, 0.05) is 10.3 Å². The number of azide groups is 1. The number of hydrogen-bond donors (Lipinski definition) is 1. The predicted molar refractivity (Wildman–Crippen MR) is 66.4 cm³/mol. The van der Waals surface area contributed by atoms with Crippen molar-refractivity contribution < 1.29 is 0 Å². The first-order valence-corrected chi connectivity index (χ1v) is 5.63. The van der Waals surface area contributed by atoms with Crippen LogP contribution < -0.4 is 0 Å². The molecule has 0 amide bonds. The molecule has 0 saturated carbocycles. The Morgan fingerprint density at radius 2 is 1.76 bits per heavy atom. The van der Waals surface area contributed by atoms with Crippen LogP contribution in [0.1, 0.15) is 59.0 Å². The second kappa shape index (κ2) is 4.37. The Morgan fingerprint density at radius 3 is 2.18 bits per heavy atom. The summed E-state index contributed by atoms with van der Waals surface area (Å²) >= 11 is 0. The van der Waals surface area contributed by atoms with Crippen LogP contribution in [0.4, 0.5) is 0 Å². The van der Waals surface area contributed by atoms with Crippen LogP contribution in [0.2, 0.25) is 0 Å². The van der Waals surface area contributed by atoms with Crippen LogP contribution in [0, 0.1) is 5.41 Å². The molecule has 0 aromatic carbocycles. The zero-order valence-electron chi connectivity index (χ0n) is 11.3. The van der Waals surface area contributed by atoms with Gasteiger partial charge in [0.1, 0.15) is 0 Å². The highest BCUT2D eigenvalue weighted by Gasteiger charge is 2.33. The second-order valence-electron chi connectivity index (χ2n) is 6.28. The quantitative estimate of drug-likeness (QED) is 0.483. The molecule has 1 rings (SSSR count). The molecule has 1 heterocycles. The Kier molecular flexibility index (Phi) is 3.48. The zero-order chi connectivity index (χ0) is 13.3. The van der Waals surface area contributed by atoms with Crippen LogP contribution in [-0.2, 0) is 5.41 Å². The fraction of sp³-hybridized carbons (Fsp3) is 0.818. The number of rotatable bonds is 2. The topological polar surface area (TPSA) is 90.3 Å². The van der Waals surface area contributed by atoms with Crippen molar-refractivity contribution in [3.05, 3.63) is 21.8 Å². The smallest absolute Gasteiger partial charge is 0.0956 e. The molecule has 6 nitrogen and oxygen atoms in total. The molecule has 1 aromatic rings. The Labute approximate surface area is 101 Å². The van der Waals surface area contributed by atoms with E-state index in [2.05, 4.69) is 46.2 Å². The maximum atomic E-state index is 8.69. The average molecular weight is 236 g/mol. The highest BCUT2D eigenvalue weighted by Crippen LogP contribution is 2.38. The standard InChI is InChI=1S/C11H20N6/c1-10(2,3)8(14-16-12)7-9(11(4,5)6)15-17-13-7/h8H,1-6H3,(H,13,15,17). The highest BCUT2D eigenvalue weighted by atomic mass is 15.3. The molecule has 0 saturated heterocycles. The monoisotopic (exact) mass is 236 g/mol. The molecule has 6 heteroatoms. The van der Waals surface area contributed by atoms with Gasteiger partial charge in [-0.1, -0.05) is 46.7 Å². The van der Waals surface area contributed by atoms with Gasteiger partial charge in [0.2, 0.25) is 0 Å². The number of nitrogens with one attached hydrogen (secondary N) is 1. The summed E-state index contributed by atoms with van der Waals surface area (Å²) in [4.78, 5) is 2.92. The third-order valence-corrected chi connectivity index (χ3v) is 2.53. The molecular weight excluding hydrogens is 216 g/mol. The van der Waals surface area contributed by atoms with E-state index in [9.17, 15) is 0 Å². The van der Waals surface area contributed by atoms with Gasteiger partial charge in [-0.3, -0.25) is 0 Å². The van der Waals surface area contributed by atoms with E-state index in [1.165, 1.54) is 0 Å². The normalized spacial score (nSPS) is 14.2. The van der Waals surface area contributed by atoms with Crippen LogP contribution in [0.3, 0.4) is 0 Å². The van der Waals surface area contributed by atoms with Crippen LogP contribution in [0.25, 0.3) is 10.4 Å². The first kappa shape index (κ1) is 13.5. The van der Waals surface area contributed by atoms with Gasteiger partial charge in [-0.05, 0) is 10.9 Å². The van der Waals surface area contributed by atoms with Gasteiger partial charge in [-0.15, -0.1) is 0 Å². The van der Waals surface area contributed by atoms with E-state index in [1.807, 2.05) is 20.8 Å². The van der Waals surface area contributed by atoms with Crippen molar-refractivity contribution >= 4 is 0 Å². The number of H-pyrrole nitrogens is 1. The van der Waals surface area contributed by atoms with Gasteiger partial charge >= 0.3 is 0 Å². The SMILES string of the molecule is CC(C)(C)c1n[nH]nc1C(N=[N+]=[N-])C(C)(C)C. The second-order valence-corrected chi connectivity index (χ2v) is 6.28. The van der Waals surface area contributed by atoms with Crippen molar-refractivity contribution in [3.63, 3.8) is 0 Å². The van der Waals surface area contributed by atoms with Crippen molar-refractivity contribution in [1.29, 1.82) is 0 Å². The lowest BCUT2D eigenvalue weighted by Gasteiger charge is -2.27. The van der Waals surface area contributed by atoms with Crippen molar-refractivity contribution in [3.8, 4) is 0 Å². The Bertz CT molecular complexity index is 428. The summed E-state index contributed by atoms with van der Waals surface area (Å²) in [5.41, 5.74) is 9.96. The van der Waals surface area contributed by atoms with E-state index in [-0.39, 0.29) is 16.9 Å². The third kappa shape index (κ3) is 2.97. The van der Waals surface area contributed by atoms with E-state index >= 15 is 0 Å². The highest BCUT2D eigenvalue weighted by molar-refractivity contribution is 5.22. The van der Waals surface area contributed by atoms with Gasteiger partial charge in [0.25, 0.3) is 0 Å². The Hall–Kier alpha value is -1.55. The van der Waals surface area contributed by atoms with Crippen molar-refractivity contribution in [2.75, 3.05) is 0 Å². The van der Waals surface area contributed by atoms with Crippen LogP contribution >= 0.6 is 0 Å². The van der Waals surface area contributed by atoms with Crippen molar-refractivity contribution in [2.45, 2.75) is 53.0 Å². The van der Waals surface area contributed by atoms with Gasteiger partial charge in [-0.25, -0.2) is 0 Å². The van der Waals surface area contributed by atoms with E-state index in [1.54, 1.807) is 0 Å². The summed E-state index contributed by atoms with van der Waals surface area (Å²) in [5.74, 6) is 0. The largest absolute Gasteiger partial charge is 0.197 e. The van der Waals surface area contributed by atoms with Gasteiger partial charge in [0.15, 0.2) is 0 Å². The number of aromatic amines is 1. The molecule has 0 fully saturated rings. The lowest BCUT2D eigenvalue weighted by molar-refractivity contribution is 0.316. The van der Waals surface area contributed by atoms with E-state index in [0.29, 0.717) is 0 Å². The molecule has 1 unspecified atom stereocenters. The summed E-state index contributed by atoms with van der Waals surface area (Å²) < 4.78 is 0. The Balaban J connectivity index is 3.31. The molecular formula is C11H20N6. The molecule has 1 atom stereocenters. The molecule has 0 aliphatic heterocycles. The molecule has 1 aromatic heterocycles. The fourth-order valence-corrected chi connectivity index (χ4v) is 1.67. The lowest BCUT2D eigenvalue weighted by atomic mass is 9.81.